The molecular formula is C9H13F3N2O2. The molecule has 1 fully saturated rings. The Morgan fingerprint density at radius 1 is 1.31 bits per heavy atom. The van der Waals surface area contributed by atoms with Crippen molar-refractivity contribution in [2.24, 2.45) is 0 Å². The average Bonchev–Trinajstić information content (AvgIpc) is 2.18. The zero-order valence-corrected chi connectivity index (χ0v) is 8.64. The van der Waals surface area contributed by atoms with Crippen molar-refractivity contribution in [3.63, 3.8) is 0 Å². The molecule has 16 heavy (non-hydrogen) atoms. The van der Waals surface area contributed by atoms with Crippen LogP contribution < -0.4 is 10.8 Å². The SMILES string of the molecule is N#CC1([NH3+])CCCCC1.O=C([O-])C(F)(F)F. The molecule has 0 aromatic heterocycles. The second-order valence-corrected chi connectivity index (χ2v) is 3.74. The molecule has 0 spiro atoms. The molecule has 1 rings (SSSR count). The highest BCUT2D eigenvalue weighted by Gasteiger charge is 2.30. The van der Waals surface area contributed by atoms with Crippen LogP contribution >= 0.6 is 0 Å². The Hall–Kier alpha value is -1.29. The van der Waals surface area contributed by atoms with Crippen LogP contribution in [0.2, 0.25) is 0 Å². The van der Waals surface area contributed by atoms with Gasteiger partial charge >= 0.3 is 6.18 Å². The predicted octanol–water partition coefficient (Wildman–Crippen LogP) is -0.247. The highest BCUT2D eigenvalue weighted by atomic mass is 19.4. The molecule has 0 aromatic carbocycles. The molecule has 0 radical (unpaired) electrons. The number of carboxylic acid groups (broad SMARTS) is 1. The zero-order valence-electron chi connectivity index (χ0n) is 8.64. The number of aliphatic carboxylic acids is 1. The molecule has 0 amide bonds. The fourth-order valence-electron chi connectivity index (χ4n) is 1.34. The van der Waals surface area contributed by atoms with E-state index in [1.807, 2.05) is 0 Å². The molecule has 0 aromatic rings. The lowest BCUT2D eigenvalue weighted by molar-refractivity contribution is -0.461. The van der Waals surface area contributed by atoms with Gasteiger partial charge in [-0.2, -0.15) is 18.4 Å². The summed E-state index contributed by atoms with van der Waals surface area (Å²) < 4.78 is 31.5. The van der Waals surface area contributed by atoms with Crippen molar-refractivity contribution >= 4 is 5.97 Å². The summed E-state index contributed by atoms with van der Waals surface area (Å²) in [5, 5.41) is 17.4. The van der Waals surface area contributed by atoms with Crippen LogP contribution in [0.15, 0.2) is 0 Å². The molecular weight excluding hydrogens is 225 g/mol. The number of carbonyl (C=O) groups excluding carboxylic acids is 1. The number of alkyl halides is 3. The van der Waals surface area contributed by atoms with E-state index in [1.54, 1.807) is 0 Å². The van der Waals surface area contributed by atoms with Crippen LogP contribution in [-0.4, -0.2) is 17.7 Å². The summed E-state index contributed by atoms with van der Waals surface area (Å²) in [7, 11) is 0. The maximum absolute atomic E-state index is 10.5. The lowest BCUT2D eigenvalue weighted by Crippen LogP contribution is -2.72. The van der Waals surface area contributed by atoms with Crippen LogP contribution in [0.25, 0.3) is 0 Å². The zero-order chi connectivity index (χ0) is 12.8. The maximum Gasteiger partial charge on any atom is 0.430 e. The standard InChI is InChI=1S/C7H12N2.C2HF3O2/c8-6-7(9)4-2-1-3-5-7;3-2(4,5)1(6)7/h1-5,9H2;(H,6,7). The Morgan fingerprint density at radius 2 is 1.69 bits per heavy atom. The molecule has 7 heteroatoms. The van der Waals surface area contributed by atoms with E-state index in [0.29, 0.717) is 0 Å². The number of nitrogens with zero attached hydrogens (tertiary/aromatic N) is 1. The lowest BCUT2D eigenvalue weighted by atomic mass is 9.84. The number of hydrogen-bond acceptors (Lipinski definition) is 3. The van der Waals surface area contributed by atoms with Gasteiger partial charge < -0.3 is 15.6 Å². The second-order valence-electron chi connectivity index (χ2n) is 3.74. The fourth-order valence-corrected chi connectivity index (χ4v) is 1.34. The maximum atomic E-state index is 10.5. The van der Waals surface area contributed by atoms with E-state index in [1.165, 1.54) is 19.3 Å². The molecule has 0 unspecified atom stereocenters. The average molecular weight is 238 g/mol. The van der Waals surface area contributed by atoms with Gasteiger partial charge in [0, 0.05) is 12.8 Å². The van der Waals surface area contributed by atoms with Crippen molar-refractivity contribution in [2.75, 3.05) is 0 Å². The van der Waals surface area contributed by atoms with Crippen LogP contribution in [0.5, 0.6) is 0 Å². The summed E-state index contributed by atoms with van der Waals surface area (Å²) in [6.07, 6.45) is 0.486. The molecule has 0 atom stereocenters. The predicted molar refractivity (Wildman–Crippen MR) is 45.4 cm³/mol. The van der Waals surface area contributed by atoms with Crippen molar-refractivity contribution in [1.29, 1.82) is 5.26 Å². The number of quaternary nitrogens is 1. The van der Waals surface area contributed by atoms with E-state index in [-0.39, 0.29) is 5.54 Å². The van der Waals surface area contributed by atoms with E-state index in [2.05, 4.69) is 11.8 Å². The Kier molecular flexibility index (Phi) is 5.24. The first-order valence-corrected chi connectivity index (χ1v) is 4.76. The van der Waals surface area contributed by atoms with Gasteiger partial charge in [0.1, 0.15) is 12.0 Å². The van der Waals surface area contributed by atoms with Gasteiger partial charge in [-0.05, 0) is 12.8 Å². The summed E-state index contributed by atoms with van der Waals surface area (Å²) in [6, 6.07) is 2.27. The third kappa shape index (κ3) is 5.56. The largest absolute Gasteiger partial charge is 0.542 e. The first-order chi connectivity index (χ1) is 7.21. The van der Waals surface area contributed by atoms with Gasteiger partial charge in [0.15, 0.2) is 5.54 Å². The van der Waals surface area contributed by atoms with Gasteiger partial charge in [-0.15, -0.1) is 0 Å². The lowest BCUT2D eigenvalue weighted by Gasteiger charge is -2.21. The first kappa shape index (κ1) is 14.7. The number of nitriles is 1. The quantitative estimate of drug-likeness (QED) is 0.631. The molecule has 0 saturated heterocycles. The summed E-state index contributed by atoms with van der Waals surface area (Å²) in [5.74, 6) is -3.01. The van der Waals surface area contributed by atoms with E-state index >= 15 is 0 Å². The van der Waals surface area contributed by atoms with Crippen molar-refractivity contribution < 1.29 is 28.8 Å². The summed E-state index contributed by atoms with van der Waals surface area (Å²) in [5.41, 5.74) is 3.66. The third-order valence-corrected chi connectivity index (χ3v) is 2.28. The van der Waals surface area contributed by atoms with Gasteiger partial charge in [0.05, 0.1) is 0 Å². The number of hydrogen-bond donors (Lipinski definition) is 1. The van der Waals surface area contributed by atoms with Gasteiger partial charge in [0.25, 0.3) is 0 Å². The second kappa shape index (κ2) is 5.70. The van der Waals surface area contributed by atoms with E-state index in [9.17, 15) is 13.2 Å². The highest BCUT2D eigenvalue weighted by Crippen LogP contribution is 2.22. The number of rotatable bonds is 0. The Bertz CT molecular complexity index is 277. The van der Waals surface area contributed by atoms with E-state index in [4.69, 9.17) is 15.2 Å². The Balaban J connectivity index is 0.000000293. The van der Waals surface area contributed by atoms with E-state index < -0.39 is 12.1 Å². The molecule has 92 valence electrons. The molecule has 1 aliphatic carbocycles. The first-order valence-electron chi connectivity index (χ1n) is 4.76. The number of carbonyl (C=O) groups is 1. The molecule has 1 aliphatic rings. The van der Waals surface area contributed by atoms with Crippen molar-refractivity contribution in [3.05, 3.63) is 0 Å². The molecule has 1 saturated carbocycles. The minimum Gasteiger partial charge on any atom is -0.542 e. The minimum atomic E-state index is -5.19. The Morgan fingerprint density at radius 3 is 1.88 bits per heavy atom. The number of halogens is 3. The van der Waals surface area contributed by atoms with Crippen molar-refractivity contribution in [2.45, 2.75) is 43.8 Å². The molecule has 4 nitrogen and oxygen atoms in total. The summed E-state index contributed by atoms with van der Waals surface area (Å²) >= 11 is 0. The van der Waals surface area contributed by atoms with Crippen LogP contribution in [0, 0.1) is 11.3 Å². The topological polar surface area (TPSA) is 91.6 Å². The third-order valence-electron chi connectivity index (χ3n) is 2.28. The molecule has 0 heterocycles. The highest BCUT2D eigenvalue weighted by molar-refractivity contribution is 5.70. The smallest absolute Gasteiger partial charge is 0.430 e. The van der Waals surface area contributed by atoms with Gasteiger partial charge in [-0.1, -0.05) is 6.42 Å². The molecule has 0 aliphatic heterocycles. The van der Waals surface area contributed by atoms with Gasteiger partial charge in [0.2, 0.25) is 0 Å². The van der Waals surface area contributed by atoms with Gasteiger partial charge in [-0.3, -0.25) is 0 Å². The summed E-state index contributed by atoms with van der Waals surface area (Å²) in [6.45, 7) is 0. The summed E-state index contributed by atoms with van der Waals surface area (Å²) in [4.78, 5) is 8.78. The van der Waals surface area contributed by atoms with Crippen LogP contribution in [0.1, 0.15) is 32.1 Å². The molecule has 0 bridgehead atoms. The fraction of sp³-hybridized carbons (Fsp3) is 0.778. The minimum absolute atomic E-state index is 0.224. The van der Waals surface area contributed by atoms with Crippen LogP contribution in [0.4, 0.5) is 13.2 Å². The van der Waals surface area contributed by atoms with Crippen LogP contribution in [-0.2, 0) is 4.79 Å². The van der Waals surface area contributed by atoms with Crippen molar-refractivity contribution in [3.8, 4) is 6.07 Å². The number of carboxylic acids is 1. The van der Waals surface area contributed by atoms with Crippen LogP contribution in [0.3, 0.4) is 0 Å². The van der Waals surface area contributed by atoms with Crippen molar-refractivity contribution in [1.82, 2.24) is 0 Å². The van der Waals surface area contributed by atoms with E-state index in [0.717, 1.165) is 12.8 Å². The Labute approximate surface area is 90.8 Å². The normalized spacial score (nSPS) is 18.9. The molecule has 3 N–H and O–H groups in total. The monoisotopic (exact) mass is 238 g/mol. The van der Waals surface area contributed by atoms with Gasteiger partial charge in [-0.25, -0.2) is 0 Å².